The summed E-state index contributed by atoms with van der Waals surface area (Å²) in [6.45, 7) is 2.17. The molecule has 1 heteroatoms. The first kappa shape index (κ1) is 19.1. The minimum Gasteiger partial charge on any atom is -0.0646 e. The molecule has 5 aliphatic rings. The van der Waals surface area contributed by atoms with Gasteiger partial charge in [-0.3, -0.25) is 0 Å². The Morgan fingerprint density at radius 3 is 2.14 bits per heavy atom. The molecule has 5 aliphatic carbocycles. The van der Waals surface area contributed by atoms with Crippen molar-refractivity contribution < 1.29 is 26.2 Å². The Morgan fingerprint density at radius 2 is 1.50 bits per heavy atom. The smallest absolute Gasteiger partial charge is 0 e. The van der Waals surface area contributed by atoms with Crippen LogP contribution in [-0.4, -0.2) is 0 Å². The van der Waals surface area contributed by atoms with Gasteiger partial charge in [-0.05, 0) is 104 Å². The predicted molar refractivity (Wildman–Crippen MR) is 114 cm³/mol. The summed E-state index contributed by atoms with van der Waals surface area (Å²) < 4.78 is 0. The third-order valence-corrected chi connectivity index (χ3v) is 8.09. The Morgan fingerprint density at radius 1 is 0.857 bits per heavy atom. The van der Waals surface area contributed by atoms with Crippen LogP contribution >= 0.6 is 0 Å². The van der Waals surface area contributed by atoms with Gasteiger partial charge >= 0.3 is 0 Å². The molecule has 4 fully saturated rings. The minimum atomic E-state index is 0. The van der Waals surface area contributed by atoms with Gasteiger partial charge in [-0.1, -0.05) is 59.7 Å². The molecule has 4 saturated carbocycles. The van der Waals surface area contributed by atoms with E-state index < -0.39 is 0 Å². The molecular formula is C27H30Zr. The molecule has 4 bridgehead atoms. The van der Waals surface area contributed by atoms with E-state index in [1.54, 1.807) is 30.4 Å². The molecule has 7 rings (SSSR count). The van der Waals surface area contributed by atoms with Crippen molar-refractivity contribution >= 4 is 6.08 Å². The minimum absolute atomic E-state index is 0. The predicted octanol–water partition coefficient (Wildman–Crippen LogP) is 7.21. The quantitative estimate of drug-likeness (QED) is 0.468. The molecule has 2 aromatic carbocycles. The van der Waals surface area contributed by atoms with E-state index in [9.17, 15) is 0 Å². The first-order chi connectivity index (χ1) is 13.2. The monoisotopic (exact) mass is 444 g/mol. The fourth-order valence-electron chi connectivity index (χ4n) is 7.52. The van der Waals surface area contributed by atoms with Crippen LogP contribution in [-0.2, 0) is 32.6 Å². The maximum atomic E-state index is 2.57. The SMILES string of the molecule is Cc1ccc(-c2cccc3c2C=C(CC24CC5CC(CC(C5)C2)C4)C3)cc1.[Zr]. The van der Waals surface area contributed by atoms with E-state index in [1.807, 2.05) is 0 Å². The van der Waals surface area contributed by atoms with Crippen LogP contribution in [0.5, 0.6) is 0 Å². The summed E-state index contributed by atoms with van der Waals surface area (Å²) in [6.07, 6.45) is 14.4. The Balaban J connectivity index is 0.00000171. The number of hydrogen-bond donors (Lipinski definition) is 0. The molecule has 142 valence electrons. The van der Waals surface area contributed by atoms with Gasteiger partial charge in [-0.25, -0.2) is 0 Å². The number of fused-ring (bicyclic) bond motifs is 1. The molecule has 0 nitrogen and oxygen atoms in total. The molecule has 0 radical (unpaired) electrons. The first-order valence-electron chi connectivity index (χ1n) is 11.0. The summed E-state index contributed by atoms with van der Waals surface area (Å²) in [5.41, 5.74) is 9.55. The van der Waals surface area contributed by atoms with Gasteiger partial charge in [-0.15, -0.1) is 0 Å². The molecule has 28 heavy (non-hydrogen) atoms. The Bertz CT molecular complexity index is 882. The molecule has 0 atom stereocenters. The van der Waals surface area contributed by atoms with Crippen molar-refractivity contribution in [3.63, 3.8) is 0 Å². The van der Waals surface area contributed by atoms with Gasteiger partial charge < -0.3 is 0 Å². The fourth-order valence-corrected chi connectivity index (χ4v) is 7.52. The molecule has 0 heterocycles. The van der Waals surface area contributed by atoms with Crippen molar-refractivity contribution in [2.24, 2.45) is 23.2 Å². The molecular weight excluding hydrogens is 416 g/mol. The van der Waals surface area contributed by atoms with E-state index in [4.69, 9.17) is 0 Å². The number of rotatable bonds is 3. The Hall–Kier alpha value is -0.937. The standard InChI is InChI=1S/C27H30.Zr/c1-18-5-7-23(8-6-18)25-4-2-3-24-12-22(13-26(24)25)17-27-14-19-9-20(15-27)11-21(10-19)16-27;/h2-8,13,19-21H,9-12,14-17H2,1H3;. The average molecular weight is 446 g/mol. The van der Waals surface area contributed by atoms with Crippen LogP contribution in [0, 0.1) is 30.1 Å². The summed E-state index contributed by atoms with van der Waals surface area (Å²) in [7, 11) is 0. The average Bonchev–Trinajstić information content (AvgIpc) is 3.03. The van der Waals surface area contributed by atoms with Crippen LogP contribution in [0.3, 0.4) is 0 Å². The number of aryl methyl sites for hydroxylation is 1. The summed E-state index contributed by atoms with van der Waals surface area (Å²) in [6, 6.07) is 16.0. The van der Waals surface area contributed by atoms with Gasteiger partial charge in [0.15, 0.2) is 0 Å². The molecule has 0 saturated heterocycles. The van der Waals surface area contributed by atoms with E-state index in [-0.39, 0.29) is 26.2 Å². The number of benzene rings is 2. The summed E-state index contributed by atoms with van der Waals surface area (Å²) in [5.74, 6) is 3.18. The van der Waals surface area contributed by atoms with Gasteiger partial charge in [-0.2, -0.15) is 0 Å². The molecule has 0 N–H and O–H groups in total. The molecule has 0 aliphatic heterocycles. The molecule has 0 unspecified atom stereocenters. The van der Waals surface area contributed by atoms with Gasteiger partial charge in [0.05, 0.1) is 0 Å². The maximum Gasteiger partial charge on any atom is 0 e. The van der Waals surface area contributed by atoms with Crippen molar-refractivity contribution in [1.29, 1.82) is 0 Å². The van der Waals surface area contributed by atoms with Crippen LogP contribution < -0.4 is 0 Å². The second-order valence-electron chi connectivity index (χ2n) is 10.3. The third-order valence-electron chi connectivity index (χ3n) is 8.09. The number of hydrogen-bond acceptors (Lipinski definition) is 0. The molecule has 0 amide bonds. The topological polar surface area (TPSA) is 0 Å². The van der Waals surface area contributed by atoms with E-state index in [0.29, 0.717) is 5.41 Å². The van der Waals surface area contributed by atoms with Gasteiger partial charge in [0.2, 0.25) is 0 Å². The van der Waals surface area contributed by atoms with Crippen LogP contribution in [0.25, 0.3) is 17.2 Å². The van der Waals surface area contributed by atoms with Crippen molar-refractivity contribution in [2.75, 3.05) is 0 Å². The first-order valence-corrected chi connectivity index (χ1v) is 11.0. The van der Waals surface area contributed by atoms with E-state index >= 15 is 0 Å². The van der Waals surface area contributed by atoms with Crippen molar-refractivity contribution in [2.45, 2.75) is 58.3 Å². The fraction of sp³-hybridized carbons (Fsp3) is 0.481. The van der Waals surface area contributed by atoms with Crippen molar-refractivity contribution in [1.82, 2.24) is 0 Å². The second kappa shape index (κ2) is 7.09. The van der Waals surface area contributed by atoms with E-state index in [2.05, 4.69) is 55.5 Å². The summed E-state index contributed by atoms with van der Waals surface area (Å²) in [4.78, 5) is 0. The summed E-state index contributed by atoms with van der Waals surface area (Å²) in [5, 5.41) is 0. The molecule has 0 spiro atoms. The zero-order valence-corrected chi connectivity index (χ0v) is 19.5. The van der Waals surface area contributed by atoms with Crippen LogP contribution in [0.2, 0.25) is 0 Å². The number of allylic oxidation sites excluding steroid dienone is 1. The zero-order valence-electron chi connectivity index (χ0n) is 17.0. The maximum absolute atomic E-state index is 2.57. The normalized spacial score (nSPS) is 32.0. The van der Waals surface area contributed by atoms with Crippen molar-refractivity contribution in [3.8, 4) is 11.1 Å². The van der Waals surface area contributed by atoms with Crippen LogP contribution in [0.1, 0.15) is 61.6 Å². The Labute approximate surface area is 188 Å². The van der Waals surface area contributed by atoms with E-state index in [1.165, 1.54) is 54.4 Å². The van der Waals surface area contributed by atoms with Crippen molar-refractivity contribution in [3.05, 3.63) is 64.7 Å². The van der Waals surface area contributed by atoms with Gasteiger partial charge in [0.25, 0.3) is 0 Å². The molecule has 2 aromatic rings. The third kappa shape index (κ3) is 3.23. The Kier molecular flexibility index (Phi) is 4.82. The van der Waals surface area contributed by atoms with Crippen LogP contribution in [0.4, 0.5) is 0 Å². The van der Waals surface area contributed by atoms with Gasteiger partial charge in [0, 0.05) is 26.2 Å². The summed E-state index contributed by atoms with van der Waals surface area (Å²) >= 11 is 0. The van der Waals surface area contributed by atoms with Gasteiger partial charge in [0.1, 0.15) is 0 Å². The zero-order chi connectivity index (χ0) is 18.0. The second-order valence-corrected chi connectivity index (χ2v) is 10.3. The molecule has 0 aromatic heterocycles. The van der Waals surface area contributed by atoms with Crippen LogP contribution in [0.15, 0.2) is 48.0 Å². The van der Waals surface area contributed by atoms with E-state index in [0.717, 1.165) is 17.8 Å². The largest absolute Gasteiger partial charge is 0.0646 e.